The lowest BCUT2D eigenvalue weighted by Crippen LogP contribution is -2.22. The summed E-state index contributed by atoms with van der Waals surface area (Å²) >= 11 is -2.59. The summed E-state index contributed by atoms with van der Waals surface area (Å²) in [6.07, 6.45) is 1.52. The van der Waals surface area contributed by atoms with Gasteiger partial charge in [0, 0.05) is 11.6 Å². The molecule has 1 unspecified atom stereocenters. The maximum absolute atomic E-state index is 13.4. The number of carboxylic acid groups (broad SMARTS) is 1. The molecule has 122 valence electrons. The van der Waals surface area contributed by atoms with Crippen molar-refractivity contribution in [2.45, 2.75) is 0 Å². The van der Waals surface area contributed by atoms with Crippen LogP contribution in [0, 0.1) is 5.82 Å². The summed E-state index contributed by atoms with van der Waals surface area (Å²) in [5.74, 6) is -2.16. The Labute approximate surface area is 138 Å². The van der Waals surface area contributed by atoms with Gasteiger partial charge in [0.25, 0.3) is 11.3 Å². The maximum Gasteiger partial charge on any atom is 0.337 e. The van der Waals surface area contributed by atoms with Gasteiger partial charge in [-0.3, -0.25) is 9.54 Å². The van der Waals surface area contributed by atoms with Crippen LogP contribution in [-0.2, 0) is 11.3 Å². The number of carbonyl (C=O) groups is 1. The third-order valence-corrected chi connectivity index (χ3v) is 4.10. The van der Waals surface area contributed by atoms with Gasteiger partial charge < -0.3 is 5.11 Å². The molecule has 0 aliphatic rings. The number of aromatic carboxylic acids is 1. The molecule has 2 N–H and O–H groups in total. The number of pyridine rings is 1. The molecular formula is C16H11FN2O4S. The highest BCUT2D eigenvalue weighted by atomic mass is 32.2. The Morgan fingerprint density at radius 2 is 1.88 bits per heavy atom. The topological polar surface area (TPSA) is 90.7 Å². The first-order valence-corrected chi connectivity index (χ1v) is 7.83. The maximum atomic E-state index is 13.4. The Morgan fingerprint density at radius 1 is 1.12 bits per heavy atom. The van der Waals surface area contributed by atoms with Gasteiger partial charge in [0.05, 0.1) is 22.5 Å². The summed E-state index contributed by atoms with van der Waals surface area (Å²) in [6.45, 7) is 0. The van der Waals surface area contributed by atoms with E-state index in [1.54, 1.807) is 30.3 Å². The lowest BCUT2D eigenvalue weighted by Gasteiger charge is -2.22. The molecule has 0 fully saturated rings. The number of benzene rings is 2. The first kappa shape index (κ1) is 16.0. The fraction of sp³-hybridized carbons (Fsp3) is 0. The first-order valence-electron chi connectivity index (χ1n) is 6.76. The molecule has 0 radical (unpaired) electrons. The van der Waals surface area contributed by atoms with Crippen LogP contribution < -0.4 is 4.31 Å². The first-order chi connectivity index (χ1) is 11.5. The molecule has 6 nitrogen and oxygen atoms in total. The van der Waals surface area contributed by atoms with Crippen molar-refractivity contribution in [1.29, 1.82) is 0 Å². The zero-order valence-corrected chi connectivity index (χ0v) is 12.9. The minimum atomic E-state index is -2.59. The number of halogens is 1. The molecule has 2 aromatic carbocycles. The van der Waals surface area contributed by atoms with Crippen LogP contribution in [0.1, 0.15) is 10.4 Å². The zero-order valence-electron chi connectivity index (χ0n) is 12.1. The van der Waals surface area contributed by atoms with Gasteiger partial charge in [-0.1, -0.05) is 18.2 Å². The normalized spacial score (nSPS) is 12.1. The van der Waals surface area contributed by atoms with Crippen molar-refractivity contribution in [3.63, 3.8) is 0 Å². The molecule has 8 heteroatoms. The van der Waals surface area contributed by atoms with Crippen LogP contribution in [0.2, 0.25) is 0 Å². The van der Waals surface area contributed by atoms with Crippen molar-refractivity contribution in [2.24, 2.45) is 0 Å². The number of para-hydroxylation sites is 1. The summed E-state index contributed by atoms with van der Waals surface area (Å²) in [5, 5.41) is 10.0. The Kier molecular flexibility index (Phi) is 4.24. The third kappa shape index (κ3) is 2.84. The summed E-state index contributed by atoms with van der Waals surface area (Å²) < 4.78 is 36.0. The van der Waals surface area contributed by atoms with Crippen LogP contribution in [0.5, 0.6) is 0 Å². The molecule has 0 amide bonds. The fourth-order valence-corrected chi connectivity index (χ4v) is 3.05. The van der Waals surface area contributed by atoms with Crippen LogP contribution in [0.15, 0.2) is 54.7 Å². The summed E-state index contributed by atoms with van der Waals surface area (Å²) in [6, 6.07) is 11.4. The van der Waals surface area contributed by atoms with E-state index < -0.39 is 28.6 Å². The van der Waals surface area contributed by atoms with Crippen molar-refractivity contribution in [2.75, 3.05) is 4.31 Å². The number of hydrogen-bond donors (Lipinski definition) is 2. The van der Waals surface area contributed by atoms with Gasteiger partial charge in [-0.05, 0) is 30.3 Å². The Hall–Kier alpha value is -2.84. The van der Waals surface area contributed by atoms with Crippen LogP contribution >= 0.6 is 0 Å². The molecule has 3 rings (SSSR count). The Morgan fingerprint density at radius 3 is 2.58 bits per heavy atom. The summed E-state index contributed by atoms with van der Waals surface area (Å²) in [4.78, 5) is 15.6. The predicted molar refractivity (Wildman–Crippen MR) is 88.0 cm³/mol. The van der Waals surface area contributed by atoms with Gasteiger partial charge in [0.15, 0.2) is 0 Å². The molecule has 0 bridgehead atoms. The number of carboxylic acids is 1. The van der Waals surface area contributed by atoms with Gasteiger partial charge in [-0.15, -0.1) is 0 Å². The van der Waals surface area contributed by atoms with Gasteiger partial charge in [0.1, 0.15) is 5.82 Å². The molecule has 3 aromatic rings. The molecule has 1 atom stereocenters. The molecule has 0 saturated heterocycles. The number of aromatic nitrogens is 1. The Balaban J connectivity index is 2.29. The lowest BCUT2D eigenvalue weighted by molar-refractivity contribution is 0.0697. The highest BCUT2D eigenvalue weighted by Gasteiger charge is 2.24. The van der Waals surface area contributed by atoms with E-state index in [4.69, 9.17) is 0 Å². The van der Waals surface area contributed by atoms with Gasteiger partial charge in [-0.2, -0.15) is 0 Å². The molecule has 24 heavy (non-hydrogen) atoms. The SMILES string of the molecule is O=C(O)c1cc(F)ccc1N(c1cccc2cccnc12)S(=O)O. The van der Waals surface area contributed by atoms with E-state index in [2.05, 4.69) is 4.98 Å². The average Bonchev–Trinajstić information content (AvgIpc) is 2.56. The van der Waals surface area contributed by atoms with Crippen molar-refractivity contribution in [1.82, 2.24) is 4.98 Å². The highest BCUT2D eigenvalue weighted by Crippen LogP contribution is 2.34. The predicted octanol–water partition coefficient (Wildman–Crippen LogP) is 3.35. The molecule has 1 aromatic heterocycles. The van der Waals surface area contributed by atoms with Crippen molar-refractivity contribution >= 4 is 39.5 Å². The molecular weight excluding hydrogens is 335 g/mol. The quantitative estimate of drug-likeness (QED) is 0.707. The zero-order chi connectivity index (χ0) is 17.3. The molecule has 0 aliphatic carbocycles. The second-order valence-corrected chi connectivity index (χ2v) is 5.67. The van der Waals surface area contributed by atoms with E-state index in [0.29, 0.717) is 10.9 Å². The number of nitrogens with zero attached hydrogens (tertiary/aromatic N) is 2. The van der Waals surface area contributed by atoms with E-state index in [-0.39, 0.29) is 11.4 Å². The van der Waals surface area contributed by atoms with Crippen molar-refractivity contribution < 1.29 is 23.1 Å². The average molecular weight is 346 g/mol. The number of rotatable bonds is 4. The highest BCUT2D eigenvalue weighted by molar-refractivity contribution is 7.81. The van der Waals surface area contributed by atoms with E-state index in [9.17, 15) is 23.1 Å². The Bertz CT molecular complexity index is 958. The number of anilines is 2. The standard InChI is InChI=1S/C16H11FN2O4S/c17-11-6-7-13(12(9-11)16(20)21)19(24(22)23)14-5-1-3-10-4-2-8-18-15(10)14/h1-9H,(H,20,21)(H,22,23). The number of fused-ring (bicyclic) bond motifs is 1. The van der Waals surface area contributed by atoms with Crippen LogP contribution in [-0.4, -0.2) is 24.8 Å². The van der Waals surface area contributed by atoms with Crippen LogP contribution in [0.4, 0.5) is 15.8 Å². The van der Waals surface area contributed by atoms with Crippen molar-refractivity contribution in [3.8, 4) is 0 Å². The summed E-state index contributed by atoms with van der Waals surface area (Å²) in [7, 11) is 0. The van der Waals surface area contributed by atoms with Crippen LogP contribution in [0.3, 0.4) is 0 Å². The minimum absolute atomic E-state index is 0.108. The van der Waals surface area contributed by atoms with Crippen LogP contribution in [0.25, 0.3) is 10.9 Å². The van der Waals surface area contributed by atoms with Crippen molar-refractivity contribution in [3.05, 3.63) is 66.1 Å². The third-order valence-electron chi connectivity index (χ3n) is 3.39. The second-order valence-electron chi connectivity index (χ2n) is 4.84. The summed E-state index contributed by atoms with van der Waals surface area (Å²) in [5.41, 5.74) is 0.124. The van der Waals surface area contributed by atoms with E-state index in [1.165, 1.54) is 6.20 Å². The molecule has 1 heterocycles. The van der Waals surface area contributed by atoms with Gasteiger partial charge >= 0.3 is 5.97 Å². The van der Waals surface area contributed by atoms with Gasteiger partial charge in [0.2, 0.25) is 0 Å². The monoisotopic (exact) mass is 346 g/mol. The van der Waals surface area contributed by atoms with E-state index in [1.807, 2.05) is 0 Å². The molecule has 0 spiro atoms. The largest absolute Gasteiger partial charge is 0.478 e. The molecule has 0 saturated carbocycles. The fourth-order valence-electron chi connectivity index (χ4n) is 2.41. The minimum Gasteiger partial charge on any atom is -0.478 e. The smallest absolute Gasteiger partial charge is 0.337 e. The van der Waals surface area contributed by atoms with E-state index in [0.717, 1.165) is 22.5 Å². The second kappa shape index (κ2) is 6.34. The number of hydrogen-bond acceptors (Lipinski definition) is 3. The van der Waals surface area contributed by atoms with Gasteiger partial charge in [-0.25, -0.2) is 17.7 Å². The molecule has 0 aliphatic heterocycles. The van der Waals surface area contributed by atoms with E-state index >= 15 is 0 Å². The lowest BCUT2D eigenvalue weighted by atomic mass is 10.1.